The maximum Gasteiger partial charge on any atom is 0.174 e. The van der Waals surface area contributed by atoms with Gasteiger partial charge in [0.25, 0.3) is 0 Å². The van der Waals surface area contributed by atoms with Gasteiger partial charge in [0, 0.05) is 36.3 Å². The van der Waals surface area contributed by atoms with Gasteiger partial charge in [0.15, 0.2) is 5.78 Å². The molecule has 0 radical (unpaired) electrons. The van der Waals surface area contributed by atoms with Crippen LogP contribution in [0.5, 0.6) is 0 Å². The Kier molecular flexibility index (Phi) is 3.43. The van der Waals surface area contributed by atoms with E-state index in [1.807, 2.05) is 0 Å². The van der Waals surface area contributed by atoms with E-state index in [2.05, 4.69) is 47.2 Å². The first kappa shape index (κ1) is 15.4. The van der Waals surface area contributed by atoms with Gasteiger partial charge >= 0.3 is 0 Å². The lowest BCUT2D eigenvalue weighted by Gasteiger charge is -2.26. The van der Waals surface area contributed by atoms with Gasteiger partial charge in [-0.3, -0.25) is 4.79 Å². The number of fused-ring (bicyclic) bond motifs is 1. The summed E-state index contributed by atoms with van der Waals surface area (Å²) < 4.78 is 0. The van der Waals surface area contributed by atoms with Crippen LogP contribution in [-0.4, -0.2) is 43.9 Å². The van der Waals surface area contributed by atoms with Crippen LogP contribution < -0.4 is 4.90 Å². The Morgan fingerprint density at radius 3 is 2.60 bits per heavy atom. The fourth-order valence-electron chi connectivity index (χ4n) is 5.40. The summed E-state index contributed by atoms with van der Waals surface area (Å²) in [6.07, 6.45) is 5.62. The molecular weight excluding hydrogens is 308 g/mol. The van der Waals surface area contributed by atoms with Crippen molar-refractivity contribution in [3.63, 3.8) is 0 Å². The molecule has 0 atom stereocenters. The van der Waals surface area contributed by atoms with Gasteiger partial charge < -0.3 is 9.80 Å². The first-order valence-electron chi connectivity index (χ1n) is 9.75. The normalized spacial score (nSPS) is 22.9. The average molecular weight is 334 g/mol. The van der Waals surface area contributed by atoms with E-state index in [-0.39, 0.29) is 5.41 Å². The van der Waals surface area contributed by atoms with E-state index in [4.69, 9.17) is 0 Å². The molecular formula is C22H26N2O. The van der Waals surface area contributed by atoms with E-state index in [0.717, 1.165) is 38.0 Å². The highest BCUT2D eigenvalue weighted by atomic mass is 16.1. The largest absolute Gasteiger partial charge is 0.370 e. The lowest BCUT2D eigenvalue weighted by molar-refractivity contribution is 0.0898. The molecule has 0 bridgehead atoms. The molecule has 1 heterocycles. The number of carbonyl (C=O) groups excluding carboxylic acids is 1. The van der Waals surface area contributed by atoms with Crippen molar-refractivity contribution in [2.45, 2.75) is 37.5 Å². The smallest absolute Gasteiger partial charge is 0.174 e. The van der Waals surface area contributed by atoms with Crippen molar-refractivity contribution in [1.29, 1.82) is 0 Å². The second-order valence-electron chi connectivity index (χ2n) is 8.12. The summed E-state index contributed by atoms with van der Waals surface area (Å²) in [4.78, 5) is 18.2. The Morgan fingerprint density at radius 2 is 1.76 bits per heavy atom. The van der Waals surface area contributed by atoms with E-state index in [1.165, 1.54) is 47.8 Å². The summed E-state index contributed by atoms with van der Waals surface area (Å²) >= 11 is 0. The molecule has 25 heavy (non-hydrogen) atoms. The summed E-state index contributed by atoms with van der Waals surface area (Å²) in [5.41, 5.74) is 3.40. The summed E-state index contributed by atoms with van der Waals surface area (Å²) in [6.45, 7) is 4.43. The number of benzene rings is 2. The fourth-order valence-corrected chi connectivity index (χ4v) is 5.40. The van der Waals surface area contributed by atoms with Gasteiger partial charge in [-0.1, -0.05) is 37.1 Å². The summed E-state index contributed by atoms with van der Waals surface area (Å²) in [7, 11) is 2.21. The van der Waals surface area contributed by atoms with Crippen LogP contribution in [-0.2, 0) is 5.41 Å². The Morgan fingerprint density at radius 1 is 0.920 bits per heavy atom. The lowest BCUT2D eigenvalue weighted by atomic mass is 9.78. The molecule has 1 saturated carbocycles. The van der Waals surface area contributed by atoms with E-state index < -0.39 is 0 Å². The standard InChI is InChI=1S/C22H26N2O/c1-23-12-5-13-24(15-14-23)19-9-8-18-20-16(19)6-4-7-17(20)21(25)22(18)10-2-3-11-22/h4,6-9H,2-3,5,10-15H2,1H3. The molecule has 2 aromatic rings. The maximum absolute atomic E-state index is 13.3. The Labute approximate surface area is 149 Å². The van der Waals surface area contributed by atoms with Gasteiger partial charge in [-0.05, 0) is 49.9 Å². The molecule has 130 valence electrons. The third kappa shape index (κ3) is 2.11. The molecule has 3 nitrogen and oxygen atoms in total. The van der Waals surface area contributed by atoms with Crippen LogP contribution in [0.3, 0.4) is 0 Å². The molecule has 1 saturated heterocycles. The third-order valence-corrected chi connectivity index (χ3v) is 6.73. The van der Waals surface area contributed by atoms with E-state index in [1.54, 1.807) is 0 Å². The van der Waals surface area contributed by atoms with Crippen LogP contribution in [0.4, 0.5) is 5.69 Å². The Balaban J connectivity index is 1.67. The van der Waals surface area contributed by atoms with Crippen molar-refractivity contribution in [2.75, 3.05) is 38.1 Å². The lowest BCUT2D eigenvalue weighted by Crippen LogP contribution is -2.29. The van der Waals surface area contributed by atoms with Gasteiger partial charge in [0.2, 0.25) is 0 Å². The molecule has 1 spiro atoms. The number of hydrogen-bond donors (Lipinski definition) is 0. The van der Waals surface area contributed by atoms with Crippen molar-refractivity contribution in [3.05, 3.63) is 41.5 Å². The van der Waals surface area contributed by atoms with Crippen molar-refractivity contribution in [2.24, 2.45) is 0 Å². The molecule has 0 amide bonds. The molecule has 5 rings (SSSR count). The van der Waals surface area contributed by atoms with Crippen molar-refractivity contribution < 1.29 is 4.79 Å². The second-order valence-corrected chi connectivity index (χ2v) is 8.12. The first-order chi connectivity index (χ1) is 12.2. The number of Topliss-reactive ketones (excluding diaryl/α,β-unsaturated/α-hetero) is 1. The summed E-state index contributed by atoms with van der Waals surface area (Å²) in [5.74, 6) is 0.387. The average Bonchev–Trinajstić information content (AvgIpc) is 3.13. The van der Waals surface area contributed by atoms with E-state index >= 15 is 0 Å². The molecule has 0 aromatic heterocycles. The number of nitrogens with zero attached hydrogens (tertiary/aromatic N) is 2. The van der Waals surface area contributed by atoms with Gasteiger partial charge in [0.1, 0.15) is 0 Å². The van der Waals surface area contributed by atoms with Crippen LogP contribution in [0.25, 0.3) is 10.8 Å². The zero-order chi connectivity index (χ0) is 17.0. The molecule has 3 aliphatic rings. The topological polar surface area (TPSA) is 23.6 Å². The molecule has 0 N–H and O–H groups in total. The van der Waals surface area contributed by atoms with Crippen molar-refractivity contribution in [1.82, 2.24) is 4.90 Å². The van der Waals surface area contributed by atoms with Gasteiger partial charge in [-0.2, -0.15) is 0 Å². The minimum Gasteiger partial charge on any atom is -0.370 e. The maximum atomic E-state index is 13.3. The van der Waals surface area contributed by atoms with Gasteiger partial charge in [0.05, 0.1) is 5.41 Å². The predicted molar refractivity (Wildman–Crippen MR) is 103 cm³/mol. The van der Waals surface area contributed by atoms with Crippen LogP contribution in [0.2, 0.25) is 0 Å². The van der Waals surface area contributed by atoms with Crippen molar-refractivity contribution >= 4 is 22.2 Å². The molecule has 2 aromatic carbocycles. The fraction of sp³-hybridized carbons (Fsp3) is 0.500. The molecule has 3 heteroatoms. The highest BCUT2D eigenvalue weighted by Gasteiger charge is 2.48. The predicted octanol–water partition coefficient (Wildman–Crippen LogP) is 3.99. The van der Waals surface area contributed by atoms with Gasteiger partial charge in [-0.25, -0.2) is 0 Å². The number of rotatable bonds is 1. The number of carbonyl (C=O) groups is 1. The Bertz CT molecular complexity index is 850. The number of likely N-dealkylation sites (N-methyl/N-ethyl adjacent to an activating group) is 1. The Hall–Kier alpha value is -1.87. The van der Waals surface area contributed by atoms with Crippen LogP contribution >= 0.6 is 0 Å². The summed E-state index contributed by atoms with van der Waals surface area (Å²) in [6, 6.07) is 11.0. The highest BCUT2D eigenvalue weighted by molar-refractivity contribution is 6.22. The number of hydrogen-bond acceptors (Lipinski definition) is 3. The van der Waals surface area contributed by atoms with Crippen LogP contribution in [0.1, 0.15) is 48.0 Å². The van der Waals surface area contributed by atoms with E-state index in [9.17, 15) is 4.79 Å². The van der Waals surface area contributed by atoms with E-state index in [0.29, 0.717) is 5.78 Å². The molecule has 0 unspecified atom stereocenters. The number of ketones is 1. The zero-order valence-corrected chi connectivity index (χ0v) is 15.1. The SMILES string of the molecule is CN1CCCN(c2ccc3c4c(cccc24)C(=O)C32CCCC2)CC1. The number of anilines is 1. The molecule has 2 fully saturated rings. The molecule has 2 aliphatic carbocycles. The van der Waals surface area contributed by atoms with Crippen molar-refractivity contribution in [3.8, 4) is 0 Å². The van der Waals surface area contributed by atoms with Gasteiger partial charge in [-0.15, -0.1) is 0 Å². The minimum absolute atomic E-state index is 0.209. The first-order valence-corrected chi connectivity index (χ1v) is 9.75. The zero-order valence-electron chi connectivity index (χ0n) is 15.1. The summed E-state index contributed by atoms with van der Waals surface area (Å²) in [5, 5.41) is 2.54. The quantitative estimate of drug-likeness (QED) is 0.788. The highest BCUT2D eigenvalue weighted by Crippen LogP contribution is 2.52. The monoisotopic (exact) mass is 334 g/mol. The minimum atomic E-state index is -0.209. The second kappa shape index (κ2) is 5.57. The van der Waals surface area contributed by atoms with Crippen LogP contribution in [0, 0.1) is 0 Å². The van der Waals surface area contributed by atoms with Crippen LogP contribution in [0.15, 0.2) is 30.3 Å². The third-order valence-electron chi connectivity index (χ3n) is 6.73. The molecule has 1 aliphatic heterocycles.